The summed E-state index contributed by atoms with van der Waals surface area (Å²) in [4.78, 5) is 15.2. The molecule has 0 saturated carbocycles. The highest BCUT2D eigenvalue weighted by Gasteiger charge is 2.19. The number of fused-ring (bicyclic) bond motifs is 9. The molecule has 238 valence electrons. The smallest absolute Gasteiger partial charge is 0.238 e. The van der Waals surface area contributed by atoms with Gasteiger partial charge in [0.15, 0.2) is 11.6 Å². The Morgan fingerprint density at radius 2 is 0.882 bits per heavy atom. The van der Waals surface area contributed by atoms with E-state index >= 15 is 0 Å². The molecule has 0 aliphatic carbocycles. The Morgan fingerprint density at radius 1 is 0.353 bits per heavy atom. The van der Waals surface area contributed by atoms with Crippen LogP contribution >= 0.6 is 0 Å². The van der Waals surface area contributed by atoms with Crippen molar-refractivity contribution in [2.45, 2.75) is 0 Å². The summed E-state index contributed by atoms with van der Waals surface area (Å²) in [5.74, 6) is 1.75. The fourth-order valence-electron chi connectivity index (χ4n) is 7.69. The molecule has 0 saturated heterocycles. The van der Waals surface area contributed by atoms with E-state index in [-0.39, 0.29) is 0 Å². The van der Waals surface area contributed by atoms with Crippen molar-refractivity contribution < 1.29 is 4.42 Å². The SMILES string of the molecule is c1ccc(-c2nc(-c3ccc4c(c3)oc3ccc(-n5c6ccccc6c6ccccc65)cc34)nc(-n3c4ccccc4c4ccccc43)n2)cc1. The van der Waals surface area contributed by atoms with Crippen molar-refractivity contribution in [1.82, 2.24) is 24.1 Å². The van der Waals surface area contributed by atoms with Crippen LogP contribution < -0.4 is 0 Å². The van der Waals surface area contributed by atoms with Gasteiger partial charge in [-0.1, -0.05) is 109 Å². The zero-order chi connectivity index (χ0) is 33.5. The van der Waals surface area contributed by atoms with Crippen LogP contribution in [0.15, 0.2) is 168 Å². The Kier molecular flexibility index (Phi) is 5.86. The van der Waals surface area contributed by atoms with Gasteiger partial charge in [-0.25, -0.2) is 4.98 Å². The monoisotopic (exact) mass is 653 g/mol. The summed E-state index contributed by atoms with van der Waals surface area (Å²) in [6.07, 6.45) is 0. The van der Waals surface area contributed by atoms with Gasteiger partial charge in [-0.15, -0.1) is 0 Å². The summed E-state index contributed by atoms with van der Waals surface area (Å²) in [5, 5.41) is 6.88. The van der Waals surface area contributed by atoms with Gasteiger partial charge in [-0.3, -0.25) is 4.57 Å². The molecule has 0 aliphatic heterocycles. The highest BCUT2D eigenvalue weighted by molar-refractivity contribution is 6.11. The van der Waals surface area contributed by atoms with Gasteiger partial charge in [-0.05, 0) is 54.6 Å². The molecule has 0 spiro atoms. The summed E-state index contributed by atoms with van der Waals surface area (Å²) < 4.78 is 11.0. The number of hydrogen-bond donors (Lipinski definition) is 0. The van der Waals surface area contributed by atoms with Crippen molar-refractivity contribution >= 4 is 65.6 Å². The summed E-state index contributed by atoms with van der Waals surface area (Å²) in [6.45, 7) is 0. The fourth-order valence-corrected chi connectivity index (χ4v) is 7.69. The largest absolute Gasteiger partial charge is 0.456 e. The molecule has 4 heterocycles. The van der Waals surface area contributed by atoms with E-state index in [1.54, 1.807) is 0 Å². The molecule has 0 amide bonds. The fraction of sp³-hybridized carbons (Fsp3) is 0. The average Bonchev–Trinajstić information content (AvgIpc) is 3.85. The van der Waals surface area contributed by atoms with Crippen LogP contribution in [-0.2, 0) is 0 Å². The maximum absolute atomic E-state index is 6.51. The average molecular weight is 654 g/mol. The van der Waals surface area contributed by atoms with Gasteiger partial charge >= 0.3 is 0 Å². The third-order valence-corrected chi connectivity index (χ3v) is 9.99. The first-order valence-corrected chi connectivity index (χ1v) is 17.0. The second kappa shape index (κ2) is 10.7. The molecule has 0 N–H and O–H groups in total. The van der Waals surface area contributed by atoms with E-state index in [0.717, 1.165) is 60.6 Å². The molecule has 51 heavy (non-hydrogen) atoms. The van der Waals surface area contributed by atoms with E-state index in [9.17, 15) is 0 Å². The van der Waals surface area contributed by atoms with Crippen LogP contribution in [0.3, 0.4) is 0 Å². The molecular weight excluding hydrogens is 627 g/mol. The van der Waals surface area contributed by atoms with E-state index < -0.39 is 0 Å². The molecule has 6 heteroatoms. The normalized spacial score (nSPS) is 11.9. The molecule has 0 fully saturated rings. The van der Waals surface area contributed by atoms with Crippen LogP contribution in [0.1, 0.15) is 0 Å². The molecule has 11 aromatic rings. The highest BCUT2D eigenvalue weighted by Crippen LogP contribution is 2.37. The predicted molar refractivity (Wildman–Crippen MR) is 207 cm³/mol. The van der Waals surface area contributed by atoms with Gasteiger partial charge < -0.3 is 8.98 Å². The Bertz CT molecular complexity index is 3040. The lowest BCUT2D eigenvalue weighted by Gasteiger charge is -2.11. The molecule has 0 aliphatic rings. The van der Waals surface area contributed by atoms with Crippen LogP contribution in [0.5, 0.6) is 0 Å². The Labute approximate surface area is 291 Å². The molecule has 11 rings (SSSR count). The number of hydrogen-bond acceptors (Lipinski definition) is 4. The topological polar surface area (TPSA) is 61.7 Å². The van der Waals surface area contributed by atoms with E-state index in [1.165, 1.54) is 21.8 Å². The Morgan fingerprint density at radius 3 is 1.49 bits per heavy atom. The molecule has 6 nitrogen and oxygen atoms in total. The van der Waals surface area contributed by atoms with Gasteiger partial charge in [0.2, 0.25) is 5.95 Å². The van der Waals surface area contributed by atoms with Crippen molar-refractivity contribution in [1.29, 1.82) is 0 Å². The number of furan rings is 1. The Hall–Kier alpha value is -7.05. The predicted octanol–water partition coefficient (Wildman–Crippen LogP) is 11.3. The molecule has 0 bridgehead atoms. The first-order valence-electron chi connectivity index (χ1n) is 17.0. The first kappa shape index (κ1) is 27.9. The quantitative estimate of drug-likeness (QED) is 0.190. The molecule has 0 unspecified atom stereocenters. The van der Waals surface area contributed by atoms with Crippen LogP contribution in [0, 0.1) is 0 Å². The number of nitrogens with zero attached hydrogens (tertiary/aromatic N) is 5. The second-order valence-corrected chi connectivity index (χ2v) is 12.9. The summed E-state index contributed by atoms with van der Waals surface area (Å²) in [6, 6.07) is 56.7. The minimum atomic E-state index is 0.566. The van der Waals surface area contributed by atoms with Crippen molar-refractivity contribution in [2.75, 3.05) is 0 Å². The summed E-state index contributed by atoms with van der Waals surface area (Å²) in [5.41, 5.74) is 8.92. The number of para-hydroxylation sites is 4. The minimum Gasteiger partial charge on any atom is -0.456 e. The van der Waals surface area contributed by atoms with Crippen LogP contribution in [0.4, 0.5) is 0 Å². The minimum absolute atomic E-state index is 0.566. The maximum Gasteiger partial charge on any atom is 0.238 e. The van der Waals surface area contributed by atoms with Crippen molar-refractivity contribution in [2.24, 2.45) is 0 Å². The van der Waals surface area contributed by atoms with Crippen LogP contribution in [0.2, 0.25) is 0 Å². The number of aromatic nitrogens is 5. The summed E-state index contributed by atoms with van der Waals surface area (Å²) >= 11 is 0. The third kappa shape index (κ3) is 4.20. The van der Waals surface area contributed by atoms with Crippen LogP contribution in [-0.4, -0.2) is 24.1 Å². The Balaban J connectivity index is 1.10. The molecular formula is C45H27N5O. The lowest BCUT2D eigenvalue weighted by molar-refractivity contribution is 0.669. The van der Waals surface area contributed by atoms with E-state index in [2.05, 4.69) is 143 Å². The van der Waals surface area contributed by atoms with Gasteiger partial charge in [0.1, 0.15) is 11.2 Å². The maximum atomic E-state index is 6.51. The van der Waals surface area contributed by atoms with Gasteiger partial charge in [0, 0.05) is 49.1 Å². The van der Waals surface area contributed by atoms with Crippen molar-refractivity contribution in [3.8, 4) is 34.4 Å². The van der Waals surface area contributed by atoms with E-state index in [0.29, 0.717) is 17.6 Å². The van der Waals surface area contributed by atoms with E-state index in [4.69, 9.17) is 19.4 Å². The van der Waals surface area contributed by atoms with Crippen molar-refractivity contribution in [3.63, 3.8) is 0 Å². The molecule has 7 aromatic carbocycles. The zero-order valence-electron chi connectivity index (χ0n) is 27.2. The van der Waals surface area contributed by atoms with Gasteiger partial charge in [-0.2, -0.15) is 9.97 Å². The van der Waals surface area contributed by atoms with Gasteiger partial charge in [0.25, 0.3) is 0 Å². The van der Waals surface area contributed by atoms with Crippen LogP contribution in [0.25, 0.3) is 100.0 Å². The number of benzene rings is 7. The lowest BCUT2D eigenvalue weighted by Crippen LogP contribution is -2.06. The first-order chi connectivity index (χ1) is 25.3. The molecule has 4 aromatic heterocycles. The second-order valence-electron chi connectivity index (χ2n) is 12.9. The number of rotatable bonds is 4. The highest BCUT2D eigenvalue weighted by atomic mass is 16.3. The lowest BCUT2D eigenvalue weighted by atomic mass is 10.1. The standard InChI is InChI=1S/C45H27N5O/c1-2-12-28(13-3-1)43-46-44(48-45(47-43)50-39-20-10-6-16-33(39)34-17-7-11-21-40(34)50)29-22-24-35-36-27-30(23-25-41(36)51-42(35)26-29)49-37-18-8-4-14-31(37)32-15-5-9-19-38(32)49/h1-27H. The molecule has 0 atom stereocenters. The zero-order valence-corrected chi connectivity index (χ0v) is 27.2. The van der Waals surface area contributed by atoms with Crippen molar-refractivity contribution in [3.05, 3.63) is 164 Å². The third-order valence-electron chi connectivity index (χ3n) is 9.99. The molecule has 0 radical (unpaired) electrons. The van der Waals surface area contributed by atoms with E-state index in [1.807, 2.05) is 30.3 Å². The van der Waals surface area contributed by atoms with Gasteiger partial charge in [0.05, 0.1) is 22.1 Å². The summed E-state index contributed by atoms with van der Waals surface area (Å²) in [7, 11) is 0.